The molecule has 0 spiro atoms. The third-order valence-electron chi connectivity index (χ3n) is 4.41. The lowest BCUT2D eigenvalue weighted by molar-refractivity contribution is 0.479. The Balaban J connectivity index is 1.83. The van der Waals surface area contributed by atoms with Crippen molar-refractivity contribution in [1.82, 2.24) is 4.31 Å². The van der Waals surface area contributed by atoms with E-state index in [2.05, 4.69) is 6.07 Å². The Morgan fingerprint density at radius 2 is 1.86 bits per heavy atom. The Bertz CT molecular complexity index is 777. The first-order chi connectivity index (χ1) is 10.3. The number of nitriles is 1. The Morgan fingerprint density at radius 3 is 2.50 bits per heavy atom. The van der Waals surface area contributed by atoms with E-state index in [1.165, 1.54) is 4.31 Å². The van der Waals surface area contributed by atoms with Crippen LogP contribution in [0.15, 0.2) is 40.3 Å². The van der Waals surface area contributed by atoms with Crippen LogP contribution in [-0.2, 0) is 10.0 Å². The summed E-state index contributed by atoms with van der Waals surface area (Å²) >= 11 is 6.26. The van der Waals surface area contributed by atoms with Crippen molar-refractivity contribution in [3.8, 4) is 6.07 Å². The van der Waals surface area contributed by atoms with Gasteiger partial charge in [-0.1, -0.05) is 28.8 Å². The first-order valence-electron chi connectivity index (χ1n) is 7.21. The van der Waals surface area contributed by atoms with Crippen LogP contribution in [0.3, 0.4) is 0 Å². The summed E-state index contributed by atoms with van der Waals surface area (Å²) in [5, 5.41) is 9.16. The van der Waals surface area contributed by atoms with Crippen LogP contribution in [0.4, 0.5) is 0 Å². The van der Waals surface area contributed by atoms with Crippen molar-refractivity contribution < 1.29 is 8.42 Å². The zero-order valence-corrected chi connectivity index (χ0v) is 13.9. The van der Waals surface area contributed by atoms with Crippen LogP contribution < -0.4 is 0 Å². The second kappa shape index (κ2) is 5.38. The van der Waals surface area contributed by atoms with E-state index in [0.717, 1.165) is 16.7 Å². The van der Waals surface area contributed by atoms with Gasteiger partial charge in [-0.25, -0.2) is 8.42 Å². The first-order valence-corrected chi connectivity index (χ1v) is 9.03. The second-order valence-electron chi connectivity index (χ2n) is 6.05. The molecule has 0 radical (unpaired) electrons. The molecule has 0 amide bonds. The van der Waals surface area contributed by atoms with E-state index >= 15 is 0 Å². The molecule has 0 aromatic heterocycles. The molecule has 116 valence electrons. The molecular weight excluding hydrogens is 320 g/mol. The monoisotopic (exact) mass is 336 g/mol. The molecule has 1 atom stereocenters. The van der Waals surface area contributed by atoms with Gasteiger partial charge in [0.25, 0.3) is 0 Å². The summed E-state index contributed by atoms with van der Waals surface area (Å²) in [6.45, 7) is 2.69. The summed E-state index contributed by atoms with van der Waals surface area (Å²) in [5.74, 6) is 0. The van der Waals surface area contributed by atoms with Gasteiger partial charge in [0.05, 0.1) is 11.0 Å². The van der Waals surface area contributed by atoms with Crippen LogP contribution in [0.25, 0.3) is 0 Å². The number of hydrogen-bond donors (Lipinski definition) is 0. The average molecular weight is 337 g/mol. The van der Waals surface area contributed by atoms with Gasteiger partial charge in [0, 0.05) is 19.5 Å². The maximum atomic E-state index is 12.7. The van der Waals surface area contributed by atoms with Crippen LogP contribution in [0, 0.1) is 18.3 Å². The maximum Gasteiger partial charge on any atom is 0.243 e. The minimum absolute atomic E-state index is 0.315. The van der Waals surface area contributed by atoms with E-state index in [9.17, 15) is 8.42 Å². The molecule has 1 unspecified atom stereocenters. The number of rotatable bonds is 2. The van der Waals surface area contributed by atoms with Crippen molar-refractivity contribution in [3.63, 3.8) is 0 Å². The van der Waals surface area contributed by atoms with Crippen LogP contribution in [0.2, 0.25) is 0 Å². The van der Waals surface area contributed by atoms with E-state index < -0.39 is 14.9 Å². The van der Waals surface area contributed by atoms with Gasteiger partial charge >= 0.3 is 0 Å². The minimum atomic E-state index is -3.49. The zero-order chi connectivity index (χ0) is 16.0. The molecular formula is C16H17ClN2O2S. The molecule has 0 bridgehead atoms. The highest BCUT2D eigenvalue weighted by Gasteiger charge is 2.40. The smallest absolute Gasteiger partial charge is 0.207 e. The molecule has 22 heavy (non-hydrogen) atoms. The number of aryl methyl sites for hydroxylation is 1. The molecule has 1 heterocycles. The van der Waals surface area contributed by atoms with Crippen LogP contribution in [0.5, 0.6) is 0 Å². The second-order valence-corrected chi connectivity index (χ2v) is 8.71. The third-order valence-corrected chi connectivity index (χ3v) is 6.62. The van der Waals surface area contributed by atoms with Crippen molar-refractivity contribution in [3.05, 3.63) is 41.0 Å². The van der Waals surface area contributed by atoms with Gasteiger partial charge in [-0.15, -0.1) is 11.6 Å². The van der Waals surface area contributed by atoms with Gasteiger partial charge in [0.2, 0.25) is 10.0 Å². The molecule has 6 heteroatoms. The molecule has 1 aliphatic heterocycles. The van der Waals surface area contributed by atoms with E-state index in [4.69, 9.17) is 16.9 Å². The van der Waals surface area contributed by atoms with Crippen molar-refractivity contribution in [2.24, 2.45) is 0 Å². The molecule has 4 nitrogen and oxygen atoms in total. The Morgan fingerprint density at radius 1 is 1.23 bits per heavy atom. The van der Waals surface area contributed by atoms with E-state index in [-0.39, 0.29) is 0 Å². The molecule has 0 saturated carbocycles. The third kappa shape index (κ3) is 2.67. The van der Waals surface area contributed by atoms with Crippen molar-refractivity contribution >= 4 is 21.6 Å². The summed E-state index contributed by atoms with van der Waals surface area (Å²) < 4.78 is 26.9. The maximum absolute atomic E-state index is 12.7. The van der Waals surface area contributed by atoms with Gasteiger partial charge in [0.15, 0.2) is 0 Å². The quantitative estimate of drug-likeness (QED) is 0.616. The summed E-state index contributed by atoms with van der Waals surface area (Å²) in [6, 6.07) is 9.03. The zero-order valence-electron chi connectivity index (χ0n) is 12.3. The van der Waals surface area contributed by atoms with Crippen LogP contribution in [0.1, 0.15) is 24.8 Å². The fraction of sp³-hybridized carbons (Fsp3) is 0.438. The summed E-state index contributed by atoms with van der Waals surface area (Å²) in [4.78, 5) is -0.557. The molecule has 1 aromatic rings. The number of alkyl halides is 1. The number of sulfonamides is 1. The molecule has 2 aliphatic rings. The minimum Gasteiger partial charge on any atom is -0.207 e. The van der Waals surface area contributed by atoms with Gasteiger partial charge in [0.1, 0.15) is 4.87 Å². The number of nitrogens with zero attached hydrogens (tertiary/aromatic N) is 2. The van der Waals surface area contributed by atoms with E-state index in [1.807, 2.05) is 6.92 Å². The summed E-state index contributed by atoms with van der Waals surface area (Å²) in [7, 11) is -3.49. The summed E-state index contributed by atoms with van der Waals surface area (Å²) in [5.41, 5.74) is 3.17. The largest absolute Gasteiger partial charge is 0.243 e. The SMILES string of the molecule is Cc1ccc(S(=O)(=O)N2CC3=C(C2)CC(Cl)(C#N)CC3)cc1. The Hall–Kier alpha value is -1.35. The highest BCUT2D eigenvalue weighted by Crippen LogP contribution is 2.41. The fourth-order valence-corrected chi connectivity index (χ4v) is 4.73. The van der Waals surface area contributed by atoms with Crippen LogP contribution >= 0.6 is 11.6 Å². The van der Waals surface area contributed by atoms with Gasteiger partial charge in [-0.2, -0.15) is 9.57 Å². The van der Waals surface area contributed by atoms with Crippen molar-refractivity contribution in [2.45, 2.75) is 36.0 Å². The predicted octanol–water partition coefficient (Wildman–Crippen LogP) is 2.98. The molecule has 0 saturated heterocycles. The lowest BCUT2D eigenvalue weighted by Gasteiger charge is -2.25. The van der Waals surface area contributed by atoms with Crippen molar-refractivity contribution in [1.29, 1.82) is 5.26 Å². The number of benzene rings is 1. The predicted molar refractivity (Wildman–Crippen MR) is 85.0 cm³/mol. The number of hydrogen-bond acceptors (Lipinski definition) is 3. The van der Waals surface area contributed by atoms with E-state index in [1.54, 1.807) is 24.3 Å². The van der Waals surface area contributed by atoms with Gasteiger partial charge in [-0.3, -0.25) is 0 Å². The molecule has 1 aliphatic carbocycles. The first kappa shape index (κ1) is 15.5. The molecule has 3 rings (SSSR count). The van der Waals surface area contributed by atoms with Crippen LogP contribution in [-0.4, -0.2) is 30.7 Å². The molecule has 0 fully saturated rings. The van der Waals surface area contributed by atoms with Gasteiger partial charge < -0.3 is 0 Å². The highest BCUT2D eigenvalue weighted by molar-refractivity contribution is 7.89. The van der Waals surface area contributed by atoms with Crippen molar-refractivity contribution in [2.75, 3.05) is 13.1 Å². The van der Waals surface area contributed by atoms with Gasteiger partial charge in [-0.05, 0) is 31.9 Å². The number of halogens is 1. The standard InChI is InChI=1S/C16H17ClN2O2S/c1-12-2-4-15(5-3-12)22(20,21)19-9-13-6-7-16(17,11-18)8-14(13)10-19/h2-5H,6-10H2,1H3. The summed E-state index contributed by atoms with van der Waals surface area (Å²) in [6.07, 6.45) is 1.74. The Labute approximate surface area is 136 Å². The normalized spacial score (nSPS) is 25.9. The Kier molecular flexibility index (Phi) is 3.80. The lowest BCUT2D eigenvalue weighted by atomic mass is 9.85. The molecule has 0 N–H and O–H groups in total. The van der Waals surface area contributed by atoms with E-state index in [0.29, 0.717) is 37.2 Å². The topological polar surface area (TPSA) is 61.2 Å². The average Bonchev–Trinajstić information content (AvgIpc) is 2.91. The lowest BCUT2D eigenvalue weighted by Crippen LogP contribution is -2.29. The fourth-order valence-electron chi connectivity index (χ4n) is 3.04. The highest BCUT2D eigenvalue weighted by atomic mass is 35.5. The molecule has 1 aromatic carbocycles.